The molecule has 0 bridgehead atoms. The van der Waals surface area contributed by atoms with E-state index < -0.39 is 41.7 Å². The van der Waals surface area contributed by atoms with Crippen molar-refractivity contribution < 1.29 is 27.6 Å². The monoisotopic (exact) mass is 398 g/mol. The lowest BCUT2D eigenvalue weighted by molar-refractivity contribution is -0.137. The number of alkyl halides is 3. The van der Waals surface area contributed by atoms with Crippen molar-refractivity contribution >= 4 is 23.5 Å². The predicted octanol–water partition coefficient (Wildman–Crippen LogP) is 2.36. The molecule has 10 heteroatoms. The molecule has 152 valence electrons. The molecule has 4 amide bonds. The average Bonchev–Trinajstić information content (AvgIpc) is 2.85. The normalized spacial score (nSPS) is 19.1. The third kappa shape index (κ3) is 3.96. The number of rotatable bonds is 4. The summed E-state index contributed by atoms with van der Waals surface area (Å²) in [7, 11) is 0. The van der Waals surface area contributed by atoms with E-state index in [-0.39, 0.29) is 17.8 Å². The number of nitrogens with one attached hydrogen (secondary N) is 2. The Morgan fingerprint density at radius 3 is 2.46 bits per heavy atom. The van der Waals surface area contributed by atoms with Gasteiger partial charge < -0.3 is 16.4 Å². The van der Waals surface area contributed by atoms with Gasteiger partial charge in [0.15, 0.2) is 0 Å². The van der Waals surface area contributed by atoms with Gasteiger partial charge in [0.25, 0.3) is 5.91 Å². The zero-order valence-electron chi connectivity index (χ0n) is 15.1. The lowest BCUT2D eigenvalue weighted by Gasteiger charge is -2.30. The van der Waals surface area contributed by atoms with Crippen molar-refractivity contribution in [3.05, 3.63) is 29.3 Å². The first kappa shape index (κ1) is 20.1. The number of nitrogens with zero attached hydrogens (tertiary/aromatic N) is 1. The van der Waals surface area contributed by atoms with Crippen molar-refractivity contribution in [1.29, 1.82) is 0 Å². The lowest BCUT2D eigenvalue weighted by Crippen LogP contribution is -2.48. The van der Waals surface area contributed by atoms with Gasteiger partial charge in [-0.2, -0.15) is 13.2 Å². The molecule has 1 spiro atoms. The van der Waals surface area contributed by atoms with E-state index in [2.05, 4.69) is 10.6 Å². The third-order valence-corrected chi connectivity index (χ3v) is 5.09. The summed E-state index contributed by atoms with van der Waals surface area (Å²) in [4.78, 5) is 38.0. The van der Waals surface area contributed by atoms with Gasteiger partial charge in [-0.15, -0.1) is 0 Å². The molecular weight excluding hydrogens is 377 g/mol. The maximum absolute atomic E-state index is 13.0. The second-order valence-electron chi connectivity index (χ2n) is 7.13. The largest absolute Gasteiger partial charge is 0.416 e. The Morgan fingerprint density at radius 2 is 1.86 bits per heavy atom. The Labute approximate surface area is 159 Å². The van der Waals surface area contributed by atoms with Gasteiger partial charge in [0, 0.05) is 12.2 Å². The van der Waals surface area contributed by atoms with Crippen LogP contribution in [0.25, 0.3) is 0 Å². The van der Waals surface area contributed by atoms with E-state index in [0.29, 0.717) is 12.8 Å². The first-order chi connectivity index (χ1) is 13.1. The summed E-state index contributed by atoms with van der Waals surface area (Å²) in [5.41, 5.74) is 3.62. The Hall–Kier alpha value is -2.62. The number of anilines is 1. The van der Waals surface area contributed by atoms with E-state index in [4.69, 9.17) is 5.73 Å². The van der Waals surface area contributed by atoms with Crippen LogP contribution in [0, 0.1) is 0 Å². The van der Waals surface area contributed by atoms with E-state index in [1.165, 1.54) is 6.07 Å². The molecule has 1 saturated heterocycles. The number of nitrogens with two attached hydrogens (primary N) is 1. The lowest BCUT2D eigenvalue weighted by atomic mass is 9.82. The van der Waals surface area contributed by atoms with Gasteiger partial charge in [-0.1, -0.05) is 19.3 Å². The van der Waals surface area contributed by atoms with Crippen LogP contribution in [0.3, 0.4) is 0 Å². The number of carbonyl (C=O) groups is 3. The maximum atomic E-state index is 13.0. The molecule has 28 heavy (non-hydrogen) atoms. The molecule has 1 aromatic carbocycles. The number of carbonyl (C=O) groups excluding carboxylic acids is 3. The molecule has 2 aliphatic rings. The van der Waals surface area contributed by atoms with Gasteiger partial charge in [-0.3, -0.25) is 14.5 Å². The van der Waals surface area contributed by atoms with Crippen molar-refractivity contribution in [3.63, 3.8) is 0 Å². The summed E-state index contributed by atoms with van der Waals surface area (Å²) in [6.07, 6.45) is -0.976. The average molecular weight is 398 g/mol. The molecule has 1 aromatic rings. The Bertz CT molecular complexity index is 804. The van der Waals surface area contributed by atoms with Gasteiger partial charge >= 0.3 is 12.2 Å². The minimum absolute atomic E-state index is 0.0975. The molecule has 0 unspecified atom stereocenters. The van der Waals surface area contributed by atoms with Gasteiger partial charge in [0.2, 0.25) is 5.91 Å². The maximum Gasteiger partial charge on any atom is 0.416 e. The van der Waals surface area contributed by atoms with Crippen LogP contribution < -0.4 is 16.4 Å². The highest BCUT2D eigenvalue weighted by Crippen LogP contribution is 2.34. The number of hydrogen-bond donors (Lipinski definition) is 3. The molecular formula is C18H21F3N4O3. The van der Waals surface area contributed by atoms with Crippen molar-refractivity contribution in [2.24, 2.45) is 5.73 Å². The van der Waals surface area contributed by atoms with E-state index in [0.717, 1.165) is 36.3 Å². The standard InChI is InChI=1S/C18H21F3N4O3/c19-18(20,21)12-6-11(9-22)7-13(8-12)23-14(26)10-25-15(27)17(24-16(25)28)4-2-1-3-5-17/h6-8H,1-5,9-10,22H2,(H,23,26)(H,24,28). The highest BCUT2D eigenvalue weighted by atomic mass is 19.4. The summed E-state index contributed by atoms with van der Waals surface area (Å²) in [6.45, 7) is -0.705. The van der Waals surface area contributed by atoms with Crippen LogP contribution in [0.4, 0.5) is 23.7 Å². The van der Waals surface area contributed by atoms with Crippen molar-refractivity contribution in [3.8, 4) is 0 Å². The topological polar surface area (TPSA) is 105 Å². The number of urea groups is 1. The van der Waals surface area contributed by atoms with Crippen LogP contribution in [-0.4, -0.2) is 34.8 Å². The SMILES string of the molecule is NCc1cc(NC(=O)CN2C(=O)NC3(CCCCC3)C2=O)cc(C(F)(F)F)c1. The molecule has 0 atom stereocenters. The van der Waals surface area contributed by atoms with Crippen LogP contribution in [0.1, 0.15) is 43.2 Å². The third-order valence-electron chi connectivity index (χ3n) is 5.09. The van der Waals surface area contributed by atoms with Crippen LogP contribution in [0.15, 0.2) is 18.2 Å². The number of halogens is 3. The van der Waals surface area contributed by atoms with Crippen LogP contribution >= 0.6 is 0 Å². The fourth-order valence-corrected chi connectivity index (χ4v) is 3.70. The smallest absolute Gasteiger partial charge is 0.326 e. The van der Waals surface area contributed by atoms with E-state index in [1.54, 1.807) is 0 Å². The molecule has 0 aromatic heterocycles. The molecule has 7 nitrogen and oxygen atoms in total. The van der Waals surface area contributed by atoms with E-state index >= 15 is 0 Å². The van der Waals surface area contributed by atoms with Gasteiger partial charge in [-0.25, -0.2) is 4.79 Å². The minimum atomic E-state index is -4.59. The highest BCUT2D eigenvalue weighted by Gasteiger charge is 2.51. The van der Waals surface area contributed by atoms with Crippen LogP contribution in [0.5, 0.6) is 0 Å². The Morgan fingerprint density at radius 1 is 1.18 bits per heavy atom. The van der Waals surface area contributed by atoms with Gasteiger partial charge in [0.05, 0.1) is 5.56 Å². The molecule has 4 N–H and O–H groups in total. The van der Waals surface area contributed by atoms with Crippen LogP contribution in [0.2, 0.25) is 0 Å². The van der Waals surface area contributed by atoms with Crippen LogP contribution in [-0.2, 0) is 22.3 Å². The Balaban J connectivity index is 1.72. The molecule has 3 rings (SSSR count). The summed E-state index contributed by atoms with van der Waals surface area (Å²) < 4.78 is 39.0. The second-order valence-corrected chi connectivity index (χ2v) is 7.13. The second kappa shape index (κ2) is 7.42. The molecule has 2 fully saturated rings. The summed E-state index contributed by atoms with van der Waals surface area (Å²) >= 11 is 0. The highest BCUT2D eigenvalue weighted by molar-refractivity contribution is 6.10. The molecule has 0 radical (unpaired) electrons. The van der Waals surface area contributed by atoms with E-state index in [1.807, 2.05) is 0 Å². The summed E-state index contributed by atoms with van der Waals surface area (Å²) in [5, 5.41) is 5.00. The number of amides is 4. The van der Waals surface area contributed by atoms with Crippen molar-refractivity contribution in [1.82, 2.24) is 10.2 Å². The first-order valence-corrected chi connectivity index (χ1v) is 9.00. The van der Waals surface area contributed by atoms with Crippen molar-refractivity contribution in [2.45, 2.75) is 50.4 Å². The number of imide groups is 1. The summed E-state index contributed by atoms with van der Waals surface area (Å²) in [6, 6.07) is 2.35. The number of benzene rings is 1. The Kier molecular flexibility index (Phi) is 5.33. The summed E-state index contributed by atoms with van der Waals surface area (Å²) in [5.74, 6) is -1.22. The quantitative estimate of drug-likeness (QED) is 0.677. The fourth-order valence-electron chi connectivity index (χ4n) is 3.70. The zero-order valence-corrected chi connectivity index (χ0v) is 15.1. The van der Waals surface area contributed by atoms with Crippen molar-refractivity contribution in [2.75, 3.05) is 11.9 Å². The van der Waals surface area contributed by atoms with E-state index in [9.17, 15) is 27.6 Å². The van der Waals surface area contributed by atoms with Gasteiger partial charge in [0.1, 0.15) is 12.1 Å². The fraction of sp³-hybridized carbons (Fsp3) is 0.500. The molecule has 1 aliphatic heterocycles. The predicted molar refractivity (Wildman–Crippen MR) is 94.0 cm³/mol. The zero-order chi connectivity index (χ0) is 20.5. The minimum Gasteiger partial charge on any atom is -0.326 e. The molecule has 1 heterocycles. The molecule has 1 saturated carbocycles. The van der Waals surface area contributed by atoms with Gasteiger partial charge in [-0.05, 0) is 36.6 Å². The number of hydrogen-bond acceptors (Lipinski definition) is 4. The first-order valence-electron chi connectivity index (χ1n) is 9.00. The molecule has 1 aliphatic carbocycles.